The van der Waals surface area contributed by atoms with E-state index in [-0.39, 0.29) is 5.91 Å². The lowest BCUT2D eigenvalue weighted by Crippen LogP contribution is -2.25. The van der Waals surface area contributed by atoms with Crippen molar-refractivity contribution >= 4 is 22.5 Å². The molecule has 5 aromatic rings. The SMILES string of the molecule is Cc1nn(-c2ccc3nncn3n2)c(C)c1CCC(=O)NCCc1c[nH]c2ccccc12. The quantitative estimate of drug-likeness (QED) is 0.415. The number of carbonyl (C=O) groups is 1. The summed E-state index contributed by atoms with van der Waals surface area (Å²) >= 11 is 0. The van der Waals surface area contributed by atoms with E-state index in [9.17, 15) is 4.79 Å². The first kappa shape index (κ1) is 19.9. The van der Waals surface area contributed by atoms with Crippen molar-refractivity contribution in [1.82, 2.24) is 39.9 Å². The van der Waals surface area contributed by atoms with Crippen LogP contribution in [0.1, 0.15) is 28.9 Å². The van der Waals surface area contributed by atoms with Crippen LogP contribution in [0, 0.1) is 13.8 Å². The van der Waals surface area contributed by atoms with Gasteiger partial charge in [-0.05, 0) is 56.0 Å². The molecule has 0 aliphatic rings. The minimum absolute atomic E-state index is 0.0421. The average molecular weight is 429 g/mol. The second-order valence-electron chi connectivity index (χ2n) is 7.85. The predicted molar refractivity (Wildman–Crippen MR) is 121 cm³/mol. The molecule has 9 heteroatoms. The van der Waals surface area contributed by atoms with E-state index >= 15 is 0 Å². The lowest BCUT2D eigenvalue weighted by atomic mass is 10.1. The fraction of sp³-hybridized carbons (Fsp3) is 0.261. The summed E-state index contributed by atoms with van der Waals surface area (Å²) in [5.74, 6) is 0.729. The van der Waals surface area contributed by atoms with E-state index in [4.69, 9.17) is 0 Å². The van der Waals surface area contributed by atoms with Crippen LogP contribution in [0.3, 0.4) is 0 Å². The number of amides is 1. The average Bonchev–Trinajstić information content (AvgIpc) is 3.50. The molecule has 0 aliphatic carbocycles. The second kappa shape index (κ2) is 8.26. The Morgan fingerprint density at radius 2 is 1.97 bits per heavy atom. The monoisotopic (exact) mass is 428 g/mol. The number of hydrogen-bond acceptors (Lipinski definition) is 5. The van der Waals surface area contributed by atoms with Crippen LogP contribution < -0.4 is 5.32 Å². The molecule has 2 N–H and O–H groups in total. The Bertz CT molecular complexity index is 1410. The number of nitrogens with zero attached hydrogens (tertiary/aromatic N) is 6. The molecule has 0 radical (unpaired) electrons. The Labute approximate surface area is 184 Å². The summed E-state index contributed by atoms with van der Waals surface area (Å²) in [7, 11) is 0. The number of hydrogen-bond donors (Lipinski definition) is 2. The number of aromatic nitrogens is 7. The molecule has 0 bridgehead atoms. The Balaban J connectivity index is 1.20. The summed E-state index contributed by atoms with van der Waals surface area (Å²) in [4.78, 5) is 15.7. The van der Waals surface area contributed by atoms with E-state index in [1.165, 1.54) is 10.9 Å². The standard InChI is InChI=1S/C23H24N8O/c1-15-18(16(2)31(28-15)22-9-8-21-27-26-14-30(21)29-22)7-10-23(32)24-12-11-17-13-25-20-6-4-3-5-19(17)20/h3-6,8-9,13-14,25H,7,10-12H2,1-2H3,(H,24,32). The van der Waals surface area contributed by atoms with Gasteiger partial charge in [-0.2, -0.15) is 9.61 Å². The third kappa shape index (κ3) is 3.73. The van der Waals surface area contributed by atoms with E-state index in [1.54, 1.807) is 15.5 Å². The highest BCUT2D eigenvalue weighted by Gasteiger charge is 2.15. The molecule has 0 spiro atoms. The van der Waals surface area contributed by atoms with Crippen molar-refractivity contribution in [3.05, 3.63) is 71.4 Å². The van der Waals surface area contributed by atoms with Gasteiger partial charge >= 0.3 is 0 Å². The van der Waals surface area contributed by atoms with Crippen molar-refractivity contribution in [2.45, 2.75) is 33.1 Å². The molecule has 9 nitrogen and oxygen atoms in total. The zero-order valence-corrected chi connectivity index (χ0v) is 18.0. The molecule has 5 rings (SSSR count). The highest BCUT2D eigenvalue weighted by Crippen LogP contribution is 2.19. The van der Waals surface area contributed by atoms with E-state index in [0.717, 1.165) is 28.9 Å². The van der Waals surface area contributed by atoms with Crippen molar-refractivity contribution in [3.8, 4) is 5.82 Å². The number of aryl methyl sites for hydroxylation is 1. The van der Waals surface area contributed by atoms with Crippen molar-refractivity contribution in [3.63, 3.8) is 0 Å². The summed E-state index contributed by atoms with van der Waals surface area (Å²) in [5, 5.41) is 21.2. The maximum absolute atomic E-state index is 12.4. The third-order valence-corrected chi connectivity index (χ3v) is 5.80. The van der Waals surface area contributed by atoms with Crippen LogP contribution in [0.4, 0.5) is 0 Å². The minimum atomic E-state index is 0.0421. The van der Waals surface area contributed by atoms with Gasteiger partial charge < -0.3 is 10.3 Å². The van der Waals surface area contributed by atoms with Gasteiger partial charge in [0.05, 0.1) is 5.69 Å². The van der Waals surface area contributed by atoms with Gasteiger partial charge in [0.1, 0.15) is 6.33 Å². The zero-order valence-electron chi connectivity index (χ0n) is 18.0. The van der Waals surface area contributed by atoms with Crippen LogP contribution >= 0.6 is 0 Å². The largest absolute Gasteiger partial charge is 0.361 e. The predicted octanol–water partition coefficient (Wildman–Crippen LogP) is 2.70. The topological polar surface area (TPSA) is 106 Å². The molecule has 0 atom stereocenters. The van der Waals surface area contributed by atoms with E-state index < -0.39 is 0 Å². The van der Waals surface area contributed by atoms with Gasteiger partial charge in [0, 0.05) is 35.8 Å². The third-order valence-electron chi connectivity index (χ3n) is 5.80. The molecule has 0 fully saturated rings. The number of rotatable bonds is 7. The lowest BCUT2D eigenvalue weighted by molar-refractivity contribution is -0.121. The maximum Gasteiger partial charge on any atom is 0.220 e. The van der Waals surface area contributed by atoms with Gasteiger partial charge in [0.15, 0.2) is 11.5 Å². The molecule has 0 saturated carbocycles. The summed E-state index contributed by atoms with van der Waals surface area (Å²) in [6.45, 7) is 4.58. The Morgan fingerprint density at radius 1 is 1.09 bits per heavy atom. The highest BCUT2D eigenvalue weighted by molar-refractivity contribution is 5.83. The number of benzene rings is 1. The fourth-order valence-corrected chi connectivity index (χ4v) is 4.09. The van der Waals surface area contributed by atoms with Crippen LogP contribution in [0.2, 0.25) is 0 Å². The molecule has 162 valence electrons. The number of aromatic amines is 1. The molecule has 1 amide bonds. The number of nitrogens with one attached hydrogen (secondary N) is 2. The summed E-state index contributed by atoms with van der Waals surface area (Å²) in [6, 6.07) is 11.9. The molecule has 0 unspecified atom stereocenters. The number of fused-ring (bicyclic) bond motifs is 2. The molecular weight excluding hydrogens is 404 g/mol. The first-order valence-electron chi connectivity index (χ1n) is 10.6. The smallest absolute Gasteiger partial charge is 0.220 e. The first-order chi connectivity index (χ1) is 15.6. The van der Waals surface area contributed by atoms with Crippen LogP contribution in [-0.4, -0.2) is 47.0 Å². The number of carbonyl (C=O) groups excluding carboxylic acids is 1. The van der Waals surface area contributed by atoms with Crippen molar-refractivity contribution in [2.24, 2.45) is 0 Å². The first-order valence-corrected chi connectivity index (χ1v) is 10.6. The number of H-pyrrole nitrogens is 1. The van der Waals surface area contributed by atoms with Crippen LogP contribution in [0.5, 0.6) is 0 Å². The zero-order chi connectivity index (χ0) is 22.1. The van der Waals surface area contributed by atoms with Gasteiger partial charge in [0.25, 0.3) is 0 Å². The van der Waals surface area contributed by atoms with Crippen molar-refractivity contribution in [2.75, 3.05) is 6.54 Å². The molecular formula is C23H24N8O. The van der Waals surface area contributed by atoms with Crippen molar-refractivity contribution < 1.29 is 4.79 Å². The lowest BCUT2D eigenvalue weighted by Gasteiger charge is -2.06. The minimum Gasteiger partial charge on any atom is -0.361 e. The molecule has 0 saturated heterocycles. The highest BCUT2D eigenvalue weighted by atomic mass is 16.1. The summed E-state index contributed by atoms with van der Waals surface area (Å²) in [6.07, 6.45) is 5.42. The Hall–Kier alpha value is -4.01. The van der Waals surface area contributed by atoms with Crippen LogP contribution in [-0.2, 0) is 17.6 Å². The van der Waals surface area contributed by atoms with Gasteiger partial charge in [-0.3, -0.25) is 4.79 Å². The molecule has 4 heterocycles. The van der Waals surface area contributed by atoms with Crippen LogP contribution in [0.25, 0.3) is 22.4 Å². The second-order valence-corrected chi connectivity index (χ2v) is 7.85. The summed E-state index contributed by atoms with van der Waals surface area (Å²) < 4.78 is 3.42. The molecule has 1 aromatic carbocycles. The Kier molecular flexibility index (Phi) is 5.14. The van der Waals surface area contributed by atoms with E-state index in [0.29, 0.717) is 30.9 Å². The maximum atomic E-state index is 12.4. The Morgan fingerprint density at radius 3 is 2.88 bits per heavy atom. The van der Waals surface area contributed by atoms with Gasteiger partial charge in [0.2, 0.25) is 5.91 Å². The molecule has 0 aliphatic heterocycles. The van der Waals surface area contributed by atoms with Crippen molar-refractivity contribution in [1.29, 1.82) is 0 Å². The van der Waals surface area contributed by atoms with Gasteiger partial charge in [-0.1, -0.05) is 18.2 Å². The number of para-hydroxylation sites is 1. The summed E-state index contributed by atoms with van der Waals surface area (Å²) in [5.41, 5.74) is 5.97. The van der Waals surface area contributed by atoms with E-state index in [2.05, 4.69) is 42.8 Å². The fourth-order valence-electron chi connectivity index (χ4n) is 4.09. The van der Waals surface area contributed by atoms with Crippen LogP contribution in [0.15, 0.2) is 48.9 Å². The molecule has 32 heavy (non-hydrogen) atoms. The van der Waals surface area contributed by atoms with E-state index in [1.807, 2.05) is 44.3 Å². The molecule has 4 aromatic heterocycles. The van der Waals surface area contributed by atoms with Gasteiger partial charge in [-0.15, -0.1) is 15.3 Å². The van der Waals surface area contributed by atoms with Gasteiger partial charge in [-0.25, -0.2) is 4.68 Å². The normalized spacial score (nSPS) is 11.4.